The molecule has 1 rings (SSSR count). The Hall–Kier alpha value is -8.08. The molecule has 1 aromatic heterocycles. The van der Waals surface area contributed by atoms with E-state index in [2.05, 4.69) is 42.3 Å². The lowest BCUT2D eigenvalue weighted by atomic mass is 9.88. The van der Waals surface area contributed by atoms with Crippen LogP contribution in [0.1, 0.15) is 193 Å². The van der Waals surface area contributed by atoms with E-state index >= 15 is 0 Å². The van der Waals surface area contributed by atoms with Crippen LogP contribution in [0.2, 0.25) is 0 Å². The smallest absolute Gasteiger partial charge is 0.407 e. The van der Waals surface area contributed by atoms with E-state index in [-0.39, 0.29) is 117 Å². The average molecular weight is 1410 g/mol. The van der Waals surface area contributed by atoms with Gasteiger partial charge in [-0.1, -0.05) is 70.8 Å². The number of carbonyl (C=O) groups is 9. The summed E-state index contributed by atoms with van der Waals surface area (Å²) >= 11 is 0. The third kappa shape index (κ3) is 47.5. The van der Waals surface area contributed by atoms with E-state index in [1.807, 2.05) is 6.92 Å². The lowest BCUT2D eigenvalue weighted by molar-refractivity contribution is -0.149. The Morgan fingerprint density at radius 3 is 0.939 bits per heavy atom. The van der Waals surface area contributed by atoms with Gasteiger partial charge in [0.2, 0.25) is 0 Å². The van der Waals surface area contributed by atoms with Gasteiger partial charge in [0, 0.05) is 77.1 Å². The Kier molecular flexibility index (Phi) is 53.8. The van der Waals surface area contributed by atoms with Crippen molar-refractivity contribution in [3.8, 4) is 0 Å². The fraction of sp³-hybridized carbons (Fsp3) is 0.714. The molecule has 1 heterocycles. The van der Waals surface area contributed by atoms with Crippen molar-refractivity contribution < 1.29 is 95.3 Å². The van der Waals surface area contributed by atoms with Gasteiger partial charge in [-0.2, -0.15) is 0 Å². The first-order valence-electron chi connectivity index (χ1n) is 35.2. The third-order valence-electron chi connectivity index (χ3n) is 15.3. The van der Waals surface area contributed by atoms with E-state index in [0.717, 1.165) is 25.9 Å². The number of carbonyl (C=O) groups excluding carboxylic acids is 9. The van der Waals surface area contributed by atoms with Gasteiger partial charge in [-0.15, -0.1) is 13.2 Å². The number of nitrogens with one attached hydrogen (secondary N) is 3. The van der Waals surface area contributed by atoms with E-state index in [0.29, 0.717) is 207 Å². The first kappa shape index (κ1) is 88.9. The number of aromatic nitrogens is 3. The Bertz CT molecular complexity index is 2550. The summed E-state index contributed by atoms with van der Waals surface area (Å²) in [6.45, 7) is 19.3. The number of nitrogens with zero attached hydrogens (tertiary/aromatic N) is 3. The standard InChI is InChI=1S/C70H114N6O23/c1-6-45-89-55-70(10-5,56-90-46-7-2)57-99-66(85)73-41-27-13-16-30-44-76-68(87)74(42-28-14-11-25-39-71-64(83)97-49-33-19-23-35-60(79)91-47-31-17-21-37-62(81)95-53-51-93-58(77)8-3)67(86)75(69(76)88)43-29-15-12-26-40-72-65(84)98-50-34-20-24-36-61(80)92-48-32-18-22-38-63(82)96-54-52-94-59(78)9-4/h6-9H,1-4,10-57H2,5H3,(H,71,83)(H,72,84)(H,73,85). The van der Waals surface area contributed by atoms with Crippen LogP contribution in [0.4, 0.5) is 14.4 Å². The van der Waals surface area contributed by atoms with E-state index in [4.69, 9.17) is 52.1 Å². The molecule has 0 aliphatic heterocycles. The second-order valence-electron chi connectivity index (χ2n) is 23.5. The summed E-state index contributed by atoms with van der Waals surface area (Å²) in [7, 11) is 0. The molecular formula is C70H114N6O23. The maximum Gasteiger partial charge on any atom is 0.407 e. The third-order valence-corrected chi connectivity index (χ3v) is 15.3. The maximum atomic E-state index is 13.8. The highest BCUT2D eigenvalue weighted by Gasteiger charge is 2.31. The molecule has 0 saturated heterocycles. The van der Waals surface area contributed by atoms with Gasteiger partial charge in [0.05, 0.1) is 58.3 Å². The molecular weight excluding hydrogens is 1290 g/mol. The minimum atomic E-state index is -0.686. The molecule has 562 valence electrons. The number of hydrogen-bond donors (Lipinski definition) is 3. The van der Waals surface area contributed by atoms with Gasteiger partial charge in [-0.05, 0) is 122 Å². The van der Waals surface area contributed by atoms with Gasteiger partial charge in [-0.3, -0.25) is 19.2 Å². The number of rotatable bonds is 64. The quantitative estimate of drug-likeness (QED) is 0.0180. The van der Waals surface area contributed by atoms with Crippen LogP contribution in [0.5, 0.6) is 0 Å². The number of esters is 6. The monoisotopic (exact) mass is 1410 g/mol. The van der Waals surface area contributed by atoms with Crippen molar-refractivity contribution in [2.75, 3.05) is 106 Å². The largest absolute Gasteiger partial charge is 0.466 e. The minimum absolute atomic E-state index is 0.0302. The maximum absolute atomic E-state index is 13.8. The van der Waals surface area contributed by atoms with Crippen LogP contribution in [0.15, 0.2) is 65.0 Å². The molecule has 0 fully saturated rings. The van der Waals surface area contributed by atoms with Gasteiger partial charge >= 0.3 is 71.2 Å². The zero-order valence-corrected chi connectivity index (χ0v) is 58.8. The van der Waals surface area contributed by atoms with E-state index in [1.165, 1.54) is 0 Å². The second kappa shape index (κ2) is 59.9. The fourth-order valence-corrected chi connectivity index (χ4v) is 9.49. The van der Waals surface area contributed by atoms with Crippen LogP contribution in [0.25, 0.3) is 0 Å². The highest BCUT2D eigenvalue weighted by atomic mass is 16.6. The summed E-state index contributed by atoms with van der Waals surface area (Å²) in [5.41, 5.74) is -2.61. The first-order valence-corrected chi connectivity index (χ1v) is 35.2. The molecule has 1 aromatic rings. The normalized spacial score (nSPS) is 10.9. The molecule has 29 heteroatoms. The number of hydrogen-bond acceptors (Lipinski definition) is 23. The Balaban J connectivity index is 2.58. The number of alkyl carbamates (subject to hydrolysis) is 3. The molecule has 29 nitrogen and oxygen atoms in total. The summed E-state index contributed by atoms with van der Waals surface area (Å²) in [5, 5.41) is 8.23. The summed E-state index contributed by atoms with van der Waals surface area (Å²) in [4.78, 5) is 149. The lowest BCUT2D eigenvalue weighted by Gasteiger charge is -2.31. The molecule has 0 atom stereocenters. The van der Waals surface area contributed by atoms with Gasteiger partial charge in [0.15, 0.2) is 0 Å². The van der Waals surface area contributed by atoms with Gasteiger partial charge in [0.25, 0.3) is 0 Å². The Morgan fingerprint density at radius 2 is 0.626 bits per heavy atom. The Labute approximate surface area is 582 Å². The van der Waals surface area contributed by atoms with E-state index < -0.39 is 64.6 Å². The molecule has 3 N–H and O–H groups in total. The average Bonchev–Trinajstić information content (AvgIpc) is 0.790. The van der Waals surface area contributed by atoms with Gasteiger partial charge in [-0.25, -0.2) is 52.1 Å². The predicted molar refractivity (Wildman–Crippen MR) is 367 cm³/mol. The van der Waals surface area contributed by atoms with Crippen molar-refractivity contribution in [2.24, 2.45) is 5.41 Å². The van der Waals surface area contributed by atoms with Crippen LogP contribution < -0.4 is 33.0 Å². The van der Waals surface area contributed by atoms with Crippen molar-refractivity contribution in [2.45, 2.75) is 213 Å². The second-order valence-corrected chi connectivity index (χ2v) is 23.5. The highest BCUT2D eigenvalue weighted by molar-refractivity contribution is 5.81. The van der Waals surface area contributed by atoms with Crippen LogP contribution >= 0.6 is 0 Å². The molecule has 3 amide bonds. The predicted octanol–water partition coefficient (Wildman–Crippen LogP) is 8.71. The molecule has 0 unspecified atom stereocenters. The molecule has 99 heavy (non-hydrogen) atoms. The van der Waals surface area contributed by atoms with Gasteiger partial charge in [0.1, 0.15) is 33.0 Å². The molecule has 0 aliphatic carbocycles. The number of unbranched alkanes of at least 4 members (excludes halogenated alkanes) is 17. The molecule has 0 bridgehead atoms. The zero-order chi connectivity index (χ0) is 72.8. The minimum Gasteiger partial charge on any atom is -0.466 e. The summed E-state index contributed by atoms with van der Waals surface area (Å²) in [5.74, 6) is -2.63. The molecule has 0 aromatic carbocycles. The summed E-state index contributed by atoms with van der Waals surface area (Å²) < 4.78 is 60.9. The molecule has 0 spiro atoms. The van der Waals surface area contributed by atoms with E-state index in [9.17, 15) is 57.5 Å². The summed E-state index contributed by atoms with van der Waals surface area (Å²) in [6.07, 6.45) is 19.6. The fourth-order valence-electron chi connectivity index (χ4n) is 9.49. The van der Waals surface area contributed by atoms with Crippen molar-refractivity contribution in [3.05, 3.63) is 82.1 Å². The van der Waals surface area contributed by atoms with E-state index in [1.54, 1.807) is 12.2 Å². The molecule has 0 radical (unpaired) electrons. The van der Waals surface area contributed by atoms with Crippen molar-refractivity contribution in [3.63, 3.8) is 0 Å². The number of ether oxygens (including phenoxy) is 11. The molecule has 0 aliphatic rings. The number of amides is 3. The first-order chi connectivity index (χ1) is 48.0. The molecule has 0 saturated carbocycles. The lowest BCUT2D eigenvalue weighted by Crippen LogP contribution is -2.54. The topological polar surface area (TPSA) is 357 Å². The van der Waals surface area contributed by atoms with Crippen molar-refractivity contribution in [1.82, 2.24) is 29.7 Å². The van der Waals surface area contributed by atoms with Crippen LogP contribution in [0.3, 0.4) is 0 Å². The summed E-state index contributed by atoms with van der Waals surface area (Å²) in [6, 6.07) is 0. The Morgan fingerprint density at radius 1 is 0.343 bits per heavy atom. The van der Waals surface area contributed by atoms with Crippen molar-refractivity contribution in [1.29, 1.82) is 0 Å². The highest BCUT2D eigenvalue weighted by Crippen LogP contribution is 2.24. The zero-order valence-electron chi connectivity index (χ0n) is 58.8. The van der Waals surface area contributed by atoms with Crippen molar-refractivity contribution >= 4 is 54.1 Å². The van der Waals surface area contributed by atoms with Crippen LogP contribution in [-0.2, 0) is 101 Å². The van der Waals surface area contributed by atoms with Crippen LogP contribution in [0, 0.1) is 5.41 Å². The van der Waals surface area contributed by atoms with Gasteiger partial charge < -0.3 is 68.1 Å². The van der Waals surface area contributed by atoms with Crippen LogP contribution in [-0.4, -0.2) is 173 Å². The SMILES string of the molecule is C=CCOCC(CC)(COCC=C)COC(=O)NCCCCCCn1c(=O)n(CCCCCCNC(=O)OCCCCCC(=O)OCCCCCC(=O)OCCOC(=O)C=C)c(=O)n(CCCCCCNC(=O)OCCCCCC(=O)OCCCCCC(=O)OCCOC(=O)C=C)c1=O.